The van der Waals surface area contributed by atoms with E-state index in [-0.39, 0.29) is 6.04 Å². The predicted molar refractivity (Wildman–Crippen MR) is 86.6 cm³/mol. The van der Waals surface area contributed by atoms with E-state index in [1.54, 1.807) is 0 Å². The quantitative estimate of drug-likeness (QED) is 0.720. The maximum Gasteiger partial charge on any atom is 0.198 e. The molecule has 0 aliphatic carbocycles. The number of benzene rings is 2. The van der Waals surface area contributed by atoms with E-state index in [4.69, 9.17) is 4.42 Å². The van der Waals surface area contributed by atoms with Gasteiger partial charge < -0.3 is 9.73 Å². The molecule has 0 bridgehead atoms. The molecule has 21 heavy (non-hydrogen) atoms. The maximum absolute atomic E-state index is 5.74. The van der Waals surface area contributed by atoms with E-state index in [2.05, 4.69) is 55.3 Å². The average Bonchev–Trinajstić information content (AvgIpc) is 2.91. The van der Waals surface area contributed by atoms with Gasteiger partial charge in [0.25, 0.3) is 0 Å². The third-order valence-corrected chi connectivity index (χ3v) is 3.58. The van der Waals surface area contributed by atoms with Crippen molar-refractivity contribution in [1.29, 1.82) is 0 Å². The number of oxazole rings is 1. The van der Waals surface area contributed by atoms with Crippen molar-refractivity contribution in [2.24, 2.45) is 0 Å². The van der Waals surface area contributed by atoms with Gasteiger partial charge in [-0.2, -0.15) is 0 Å². The summed E-state index contributed by atoms with van der Waals surface area (Å²) in [6.07, 6.45) is 0. The Morgan fingerprint density at radius 1 is 1.00 bits per heavy atom. The molecule has 2 aromatic carbocycles. The van der Waals surface area contributed by atoms with E-state index >= 15 is 0 Å². The van der Waals surface area contributed by atoms with Crippen LogP contribution in [0.15, 0.2) is 52.9 Å². The summed E-state index contributed by atoms with van der Waals surface area (Å²) in [6, 6.07) is 16.7. The lowest BCUT2D eigenvalue weighted by molar-refractivity contribution is 0.501. The fraction of sp³-hybridized carbons (Fsp3) is 0.278. The number of hydrogen-bond acceptors (Lipinski definition) is 3. The first-order chi connectivity index (χ1) is 10.1. The molecule has 0 radical (unpaired) electrons. The molecule has 3 nitrogen and oxygen atoms in total. The number of nitrogens with zero attached hydrogens (tertiary/aromatic N) is 1. The van der Waals surface area contributed by atoms with Crippen LogP contribution in [0, 0.1) is 0 Å². The van der Waals surface area contributed by atoms with E-state index in [0.717, 1.165) is 22.7 Å². The van der Waals surface area contributed by atoms with Gasteiger partial charge in [-0.3, -0.25) is 0 Å². The van der Waals surface area contributed by atoms with E-state index in [1.807, 2.05) is 24.3 Å². The molecule has 108 valence electrons. The van der Waals surface area contributed by atoms with Crippen LogP contribution in [0.5, 0.6) is 0 Å². The summed E-state index contributed by atoms with van der Waals surface area (Å²) in [7, 11) is 0. The first-order valence-electron chi connectivity index (χ1n) is 7.35. The molecule has 0 aliphatic rings. The molecule has 1 atom stereocenters. The number of fused-ring (bicyclic) bond motifs is 1. The second-order valence-corrected chi connectivity index (χ2v) is 5.67. The van der Waals surface area contributed by atoms with Gasteiger partial charge >= 0.3 is 0 Å². The smallest absolute Gasteiger partial charge is 0.198 e. The van der Waals surface area contributed by atoms with Crippen LogP contribution < -0.4 is 5.32 Å². The van der Waals surface area contributed by atoms with Crippen LogP contribution in [0.2, 0.25) is 0 Å². The van der Waals surface area contributed by atoms with Crippen molar-refractivity contribution in [2.45, 2.75) is 32.7 Å². The topological polar surface area (TPSA) is 38.1 Å². The first-order valence-corrected chi connectivity index (χ1v) is 7.35. The van der Waals surface area contributed by atoms with E-state index in [9.17, 15) is 0 Å². The molecule has 0 spiro atoms. The SMILES string of the molecule is CC(C)c1nc2cc(NC(C)c3ccccc3)ccc2o1. The Morgan fingerprint density at radius 3 is 2.48 bits per heavy atom. The Hall–Kier alpha value is -2.29. The van der Waals surface area contributed by atoms with Crippen molar-refractivity contribution >= 4 is 16.8 Å². The lowest BCUT2D eigenvalue weighted by Crippen LogP contribution is -2.06. The van der Waals surface area contributed by atoms with Gasteiger partial charge in [0, 0.05) is 17.6 Å². The molecule has 0 amide bonds. The number of hydrogen-bond donors (Lipinski definition) is 1. The summed E-state index contributed by atoms with van der Waals surface area (Å²) < 4.78 is 5.74. The van der Waals surface area contributed by atoms with E-state index < -0.39 is 0 Å². The van der Waals surface area contributed by atoms with Crippen molar-refractivity contribution in [1.82, 2.24) is 4.98 Å². The first kappa shape index (κ1) is 13.7. The average molecular weight is 280 g/mol. The number of nitrogens with one attached hydrogen (secondary N) is 1. The van der Waals surface area contributed by atoms with Gasteiger partial charge in [-0.25, -0.2) is 4.98 Å². The summed E-state index contributed by atoms with van der Waals surface area (Å²) in [5.74, 6) is 1.09. The summed E-state index contributed by atoms with van der Waals surface area (Å²) in [4.78, 5) is 4.55. The lowest BCUT2D eigenvalue weighted by Gasteiger charge is -2.15. The standard InChI is InChI=1S/C18H20N2O/c1-12(2)18-20-16-11-15(9-10-17(16)21-18)19-13(3)14-7-5-4-6-8-14/h4-13,19H,1-3H3. The third-order valence-electron chi connectivity index (χ3n) is 3.58. The molecule has 0 fully saturated rings. The minimum absolute atomic E-state index is 0.250. The Balaban J connectivity index is 1.84. The van der Waals surface area contributed by atoms with Gasteiger partial charge in [0.2, 0.25) is 0 Å². The molecule has 3 heteroatoms. The van der Waals surface area contributed by atoms with Gasteiger partial charge in [0.1, 0.15) is 5.52 Å². The van der Waals surface area contributed by atoms with Crippen molar-refractivity contribution in [3.05, 3.63) is 60.0 Å². The van der Waals surface area contributed by atoms with Crippen LogP contribution in [0.3, 0.4) is 0 Å². The van der Waals surface area contributed by atoms with Crippen LogP contribution in [-0.2, 0) is 0 Å². The van der Waals surface area contributed by atoms with E-state index in [0.29, 0.717) is 5.92 Å². The molecule has 3 aromatic rings. The molecule has 1 aromatic heterocycles. The monoisotopic (exact) mass is 280 g/mol. The minimum atomic E-state index is 0.250. The van der Waals surface area contributed by atoms with Crippen molar-refractivity contribution in [3.63, 3.8) is 0 Å². The highest BCUT2D eigenvalue weighted by Gasteiger charge is 2.10. The van der Waals surface area contributed by atoms with Gasteiger partial charge in [-0.15, -0.1) is 0 Å². The zero-order valence-corrected chi connectivity index (χ0v) is 12.6. The number of aromatic nitrogens is 1. The van der Waals surface area contributed by atoms with Crippen LogP contribution in [0.4, 0.5) is 5.69 Å². The van der Waals surface area contributed by atoms with Crippen LogP contribution in [0.1, 0.15) is 44.2 Å². The van der Waals surface area contributed by atoms with Crippen molar-refractivity contribution in [2.75, 3.05) is 5.32 Å². The highest BCUT2D eigenvalue weighted by Crippen LogP contribution is 2.25. The molecule has 0 saturated carbocycles. The highest BCUT2D eigenvalue weighted by molar-refractivity contribution is 5.77. The van der Waals surface area contributed by atoms with E-state index in [1.165, 1.54) is 5.56 Å². The number of rotatable bonds is 4. The van der Waals surface area contributed by atoms with Crippen LogP contribution >= 0.6 is 0 Å². The summed E-state index contributed by atoms with van der Waals surface area (Å²) in [5.41, 5.74) is 4.07. The molecular weight excluding hydrogens is 260 g/mol. The summed E-state index contributed by atoms with van der Waals surface area (Å²) in [5, 5.41) is 3.51. The zero-order chi connectivity index (χ0) is 14.8. The molecular formula is C18H20N2O. The normalized spacial score (nSPS) is 12.8. The second kappa shape index (κ2) is 5.60. The Kier molecular flexibility index (Phi) is 3.65. The van der Waals surface area contributed by atoms with Crippen LogP contribution in [-0.4, -0.2) is 4.98 Å². The molecule has 1 N–H and O–H groups in total. The molecule has 1 heterocycles. The summed E-state index contributed by atoms with van der Waals surface area (Å²) >= 11 is 0. The largest absolute Gasteiger partial charge is 0.440 e. The molecule has 0 saturated heterocycles. The molecule has 3 rings (SSSR count). The van der Waals surface area contributed by atoms with Gasteiger partial charge in [-0.1, -0.05) is 44.2 Å². The minimum Gasteiger partial charge on any atom is -0.440 e. The Labute approximate surface area is 125 Å². The summed E-state index contributed by atoms with van der Waals surface area (Å²) in [6.45, 7) is 6.32. The fourth-order valence-electron chi connectivity index (χ4n) is 2.36. The van der Waals surface area contributed by atoms with Gasteiger partial charge in [-0.05, 0) is 30.7 Å². The predicted octanol–water partition coefficient (Wildman–Crippen LogP) is 5.12. The molecule has 0 aliphatic heterocycles. The lowest BCUT2D eigenvalue weighted by atomic mass is 10.1. The molecule has 1 unspecified atom stereocenters. The van der Waals surface area contributed by atoms with Crippen molar-refractivity contribution < 1.29 is 4.42 Å². The van der Waals surface area contributed by atoms with Crippen LogP contribution in [0.25, 0.3) is 11.1 Å². The Morgan fingerprint density at radius 2 is 1.76 bits per heavy atom. The number of anilines is 1. The second-order valence-electron chi connectivity index (χ2n) is 5.67. The van der Waals surface area contributed by atoms with Gasteiger partial charge in [0.15, 0.2) is 11.5 Å². The highest BCUT2D eigenvalue weighted by atomic mass is 16.3. The Bertz CT molecular complexity index is 731. The van der Waals surface area contributed by atoms with Crippen molar-refractivity contribution in [3.8, 4) is 0 Å². The third kappa shape index (κ3) is 2.92. The van der Waals surface area contributed by atoms with Gasteiger partial charge in [0.05, 0.1) is 0 Å². The zero-order valence-electron chi connectivity index (χ0n) is 12.6. The fourth-order valence-corrected chi connectivity index (χ4v) is 2.36. The maximum atomic E-state index is 5.74.